The summed E-state index contributed by atoms with van der Waals surface area (Å²) in [5, 5.41) is 0. The minimum atomic E-state index is 0.940. The maximum absolute atomic E-state index is 2.40. The molecular formula is C8H15N. The zero-order chi connectivity index (χ0) is 6.43. The summed E-state index contributed by atoms with van der Waals surface area (Å²) in [4.78, 5) is 2.40. The van der Waals surface area contributed by atoms with Crippen LogP contribution in [-0.2, 0) is 0 Å². The molecule has 0 aromatic heterocycles. The van der Waals surface area contributed by atoms with Gasteiger partial charge in [-0.05, 0) is 45.2 Å². The summed E-state index contributed by atoms with van der Waals surface area (Å²) >= 11 is 0. The number of fused-ring (bicyclic) bond motifs is 1. The van der Waals surface area contributed by atoms with Gasteiger partial charge in [-0.1, -0.05) is 0 Å². The van der Waals surface area contributed by atoms with Crippen molar-refractivity contribution in [2.45, 2.75) is 25.3 Å². The molecule has 0 amide bonds. The fourth-order valence-electron chi connectivity index (χ4n) is 2.31. The molecule has 2 saturated carbocycles. The minimum absolute atomic E-state index is 0.940. The van der Waals surface area contributed by atoms with Crippen LogP contribution in [0, 0.1) is 11.8 Å². The van der Waals surface area contributed by atoms with Gasteiger partial charge in [-0.15, -0.1) is 0 Å². The summed E-state index contributed by atoms with van der Waals surface area (Å²) in [5.41, 5.74) is 0. The van der Waals surface area contributed by atoms with Crippen LogP contribution < -0.4 is 0 Å². The largest absolute Gasteiger partial charge is 0.306 e. The second-order valence-electron chi connectivity index (χ2n) is 3.77. The first-order valence-electron chi connectivity index (χ1n) is 3.95. The Morgan fingerprint density at radius 3 is 2.22 bits per heavy atom. The molecule has 0 spiro atoms. The van der Waals surface area contributed by atoms with E-state index in [-0.39, 0.29) is 0 Å². The predicted molar refractivity (Wildman–Crippen MR) is 38.3 cm³/mol. The summed E-state index contributed by atoms with van der Waals surface area (Å²) in [6.07, 6.45) is 4.50. The van der Waals surface area contributed by atoms with Crippen LogP contribution in [0.2, 0.25) is 0 Å². The Kier molecular flexibility index (Phi) is 1.10. The Labute approximate surface area is 57.0 Å². The summed E-state index contributed by atoms with van der Waals surface area (Å²) < 4.78 is 0. The van der Waals surface area contributed by atoms with Gasteiger partial charge in [0, 0.05) is 6.04 Å². The van der Waals surface area contributed by atoms with Crippen LogP contribution in [0.3, 0.4) is 0 Å². The molecule has 0 N–H and O–H groups in total. The molecule has 0 bridgehead atoms. The van der Waals surface area contributed by atoms with Crippen molar-refractivity contribution in [3.63, 3.8) is 0 Å². The molecule has 2 aliphatic carbocycles. The Balaban J connectivity index is 1.98. The highest BCUT2D eigenvalue weighted by atomic mass is 15.1. The molecule has 0 aliphatic heterocycles. The number of nitrogens with zero attached hydrogens (tertiary/aromatic N) is 1. The highest BCUT2D eigenvalue weighted by molar-refractivity contribution is 5.00. The fraction of sp³-hybridized carbons (Fsp3) is 1.00. The summed E-state index contributed by atoms with van der Waals surface area (Å²) in [6, 6.07) is 0.940. The maximum Gasteiger partial charge on any atom is 0.0120 e. The van der Waals surface area contributed by atoms with Crippen molar-refractivity contribution in [1.82, 2.24) is 4.90 Å². The van der Waals surface area contributed by atoms with E-state index < -0.39 is 0 Å². The van der Waals surface area contributed by atoms with Gasteiger partial charge in [-0.3, -0.25) is 0 Å². The Morgan fingerprint density at radius 1 is 1.22 bits per heavy atom. The molecule has 2 rings (SSSR count). The third-order valence-electron chi connectivity index (χ3n) is 2.97. The van der Waals surface area contributed by atoms with E-state index in [1.165, 1.54) is 19.3 Å². The standard InChI is InChI=1S/C8H15N/c1-9(2)8-4-3-6-5-7(6)8/h6-8H,3-5H2,1-2H3. The first kappa shape index (κ1) is 5.72. The Bertz CT molecular complexity index is 120. The SMILES string of the molecule is CN(C)C1CCC2CC21. The Morgan fingerprint density at radius 2 is 2.00 bits per heavy atom. The monoisotopic (exact) mass is 125 g/mol. The Hall–Kier alpha value is -0.0400. The highest BCUT2D eigenvalue weighted by Gasteiger charge is 2.48. The molecule has 9 heavy (non-hydrogen) atoms. The van der Waals surface area contributed by atoms with Gasteiger partial charge in [0.15, 0.2) is 0 Å². The van der Waals surface area contributed by atoms with E-state index in [2.05, 4.69) is 19.0 Å². The molecule has 1 nitrogen and oxygen atoms in total. The van der Waals surface area contributed by atoms with Crippen LogP contribution in [0.4, 0.5) is 0 Å². The van der Waals surface area contributed by atoms with E-state index in [1.807, 2.05) is 0 Å². The molecule has 0 saturated heterocycles. The third kappa shape index (κ3) is 0.787. The molecule has 3 atom stereocenters. The smallest absolute Gasteiger partial charge is 0.0120 e. The molecule has 0 aromatic rings. The molecule has 0 aromatic carbocycles. The highest BCUT2D eigenvalue weighted by Crippen LogP contribution is 2.52. The van der Waals surface area contributed by atoms with Crippen LogP contribution in [0.1, 0.15) is 19.3 Å². The van der Waals surface area contributed by atoms with Crippen molar-refractivity contribution in [2.75, 3.05) is 14.1 Å². The lowest BCUT2D eigenvalue weighted by Crippen LogP contribution is -2.27. The van der Waals surface area contributed by atoms with Crippen molar-refractivity contribution < 1.29 is 0 Å². The first-order chi connectivity index (χ1) is 4.29. The van der Waals surface area contributed by atoms with E-state index in [4.69, 9.17) is 0 Å². The van der Waals surface area contributed by atoms with Crippen LogP contribution >= 0.6 is 0 Å². The van der Waals surface area contributed by atoms with Crippen molar-refractivity contribution in [3.8, 4) is 0 Å². The van der Waals surface area contributed by atoms with Crippen LogP contribution in [0.5, 0.6) is 0 Å². The van der Waals surface area contributed by atoms with E-state index in [0.717, 1.165) is 17.9 Å². The molecule has 0 radical (unpaired) electrons. The third-order valence-corrected chi connectivity index (χ3v) is 2.97. The van der Waals surface area contributed by atoms with Crippen molar-refractivity contribution in [3.05, 3.63) is 0 Å². The van der Waals surface area contributed by atoms with E-state index in [0.29, 0.717) is 0 Å². The number of hydrogen-bond acceptors (Lipinski definition) is 1. The number of hydrogen-bond donors (Lipinski definition) is 0. The summed E-state index contributed by atoms with van der Waals surface area (Å²) in [6.45, 7) is 0. The quantitative estimate of drug-likeness (QED) is 0.511. The van der Waals surface area contributed by atoms with E-state index in [9.17, 15) is 0 Å². The molecular weight excluding hydrogens is 110 g/mol. The zero-order valence-electron chi connectivity index (χ0n) is 6.30. The lowest BCUT2D eigenvalue weighted by molar-refractivity contribution is 0.272. The molecule has 1 heteroatoms. The molecule has 0 heterocycles. The van der Waals surface area contributed by atoms with Crippen molar-refractivity contribution in [2.24, 2.45) is 11.8 Å². The minimum Gasteiger partial charge on any atom is -0.306 e. The van der Waals surface area contributed by atoms with Crippen LogP contribution in [0.15, 0.2) is 0 Å². The topological polar surface area (TPSA) is 3.24 Å². The van der Waals surface area contributed by atoms with E-state index in [1.54, 1.807) is 0 Å². The molecule has 2 aliphatic rings. The van der Waals surface area contributed by atoms with Gasteiger partial charge in [0.2, 0.25) is 0 Å². The van der Waals surface area contributed by atoms with Gasteiger partial charge >= 0.3 is 0 Å². The van der Waals surface area contributed by atoms with Gasteiger partial charge in [0.1, 0.15) is 0 Å². The van der Waals surface area contributed by atoms with Gasteiger partial charge in [0.05, 0.1) is 0 Å². The lowest BCUT2D eigenvalue weighted by atomic mass is 10.1. The second kappa shape index (κ2) is 1.72. The number of rotatable bonds is 1. The maximum atomic E-state index is 2.40. The summed E-state index contributed by atoms with van der Waals surface area (Å²) in [5.74, 6) is 2.23. The van der Waals surface area contributed by atoms with Crippen LogP contribution in [0.25, 0.3) is 0 Å². The van der Waals surface area contributed by atoms with Gasteiger partial charge in [0.25, 0.3) is 0 Å². The van der Waals surface area contributed by atoms with E-state index >= 15 is 0 Å². The zero-order valence-corrected chi connectivity index (χ0v) is 6.30. The lowest BCUT2D eigenvalue weighted by Gasteiger charge is -2.19. The molecule has 3 unspecified atom stereocenters. The predicted octanol–water partition coefficient (Wildman–Crippen LogP) is 1.35. The normalized spacial score (nSPS) is 47.7. The fourth-order valence-corrected chi connectivity index (χ4v) is 2.31. The summed E-state index contributed by atoms with van der Waals surface area (Å²) in [7, 11) is 4.43. The van der Waals surface area contributed by atoms with Crippen LogP contribution in [-0.4, -0.2) is 25.0 Å². The van der Waals surface area contributed by atoms with Crippen molar-refractivity contribution in [1.29, 1.82) is 0 Å². The second-order valence-corrected chi connectivity index (χ2v) is 3.77. The van der Waals surface area contributed by atoms with Gasteiger partial charge in [-0.2, -0.15) is 0 Å². The van der Waals surface area contributed by atoms with Gasteiger partial charge < -0.3 is 4.90 Å². The van der Waals surface area contributed by atoms with Crippen molar-refractivity contribution >= 4 is 0 Å². The van der Waals surface area contributed by atoms with Gasteiger partial charge in [-0.25, -0.2) is 0 Å². The average molecular weight is 125 g/mol. The first-order valence-corrected chi connectivity index (χ1v) is 3.95. The average Bonchev–Trinajstić information content (AvgIpc) is 2.43. The molecule has 52 valence electrons. The molecule has 2 fully saturated rings.